The molecule has 1 aliphatic carbocycles. The number of carbonyl (C=O) groups is 3. The highest BCUT2D eigenvalue weighted by Crippen LogP contribution is 2.25. The van der Waals surface area contributed by atoms with E-state index in [9.17, 15) is 14.4 Å². The third-order valence-corrected chi connectivity index (χ3v) is 5.92. The summed E-state index contributed by atoms with van der Waals surface area (Å²) in [5, 5.41) is 9.25. The van der Waals surface area contributed by atoms with E-state index in [1.807, 2.05) is 30.3 Å². The van der Waals surface area contributed by atoms with Gasteiger partial charge >= 0.3 is 5.97 Å². The summed E-state index contributed by atoms with van der Waals surface area (Å²) in [7, 11) is 0. The number of nitrogens with two attached hydrogens (primary N) is 1. The van der Waals surface area contributed by atoms with E-state index in [0.29, 0.717) is 17.1 Å². The number of nitrogens with zero attached hydrogens (tertiary/aromatic N) is 2. The number of ether oxygens (including phenoxy) is 1. The second kappa shape index (κ2) is 11.8. The van der Waals surface area contributed by atoms with Crippen molar-refractivity contribution in [1.29, 1.82) is 0 Å². The standard InChI is InChI=1S/C27H28N6O4/c1-2-23(34)31-21-13-12-20(14-21)30-22-15-29-24(25(28)35)26(33-22)32-19-10-8-18(9-11-19)27(36)37-16-17-6-4-3-5-7-17/h2-11,15,20-21H,1,12-14,16H2,(H2,28,35)(H,31,34)(H2,30,32,33)/t20-,21?/m1/s1. The molecule has 1 fully saturated rings. The smallest absolute Gasteiger partial charge is 0.338 e. The van der Waals surface area contributed by atoms with Crippen molar-refractivity contribution in [2.24, 2.45) is 5.73 Å². The highest BCUT2D eigenvalue weighted by atomic mass is 16.5. The van der Waals surface area contributed by atoms with E-state index in [1.165, 1.54) is 12.3 Å². The van der Waals surface area contributed by atoms with Crippen LogP contribution in [0.15, 0.2) is 73.4 Å². The zero-order chi connectivity index (χ0) is 26.2. The summed E-state index contributed by atoms with van der Waals surface area (Å²) in [6.45, 7) is 3.66. The molecule has 2 atom stereocenters. The van der Waals surface area contributed by atoms with E-state index in [2.05, 4.69) is 32.5 Å². The highest BCUT2D eigenvalue weighted by molar-refractivity contribution is 5.96. The lowest BCUT2D eigenvalue weighted by molar-refractivity contribution is -0.117. The molecular formula is C27H28N6O4. The van der Waals surface area contributed by atoms with Gasteiger partial charge in [-0.2, -0.15) is 0 Å². The summed E-state index contributed by atoms with van der Waals surface area (Å²) in [6, 6.07) is 16.1. The molecule has 1 aromatic heterocycles. The zero-order valence-corrected chi connectivity index (χ0v) is 20.1. The second-order valence-corrected chi connectivity index (χ2v) is 8.64. The van der Waals surface area contributed by atoms with Crippen LogP contribution >= 0.6 is 0 Å². The third kappa shape index (κ3) is 6.91. The molecule has 0 spiro atoms. The maximum atomic E-state index is 12.4. The Labute approximate surface area is 214 Å². The lowest BCUT2D eigenvalue weighted by Gasteiger charge is -2.16. The van der Waals surface area contributed by atoms with E-state index in [-0.39, 0.29) is 36.1 Å². The predicted molar refractivity (Wildman–Crippen MR) is 139 cm³/mol. The minimum absolute atomic E-state index is 0.0144. The summed E-state index contributed by atoms with van der Waals surface area (Å²) in [5.41, 5.74) is 7.35. The van der Waals surface area contributed by atoms with E-state index in [4.69, 9.17) is 10.5 Å². The first-order valence-electron chi connectivity index (χ1n) is 11.9. The Morgan fingerprint density at radius 2 is 1.78 bits per heavy atom. The van der Waals surface area contributed by atoms with Crippen molar-refractivity contribution in [2.75, 3.05) is 10.6 Å². The molecule has 5 N–H and O–H groups in total. The fourth-order valence-corrected chi connectivity index (χ4v) is 4.07. The molecule has 1 heterocycles. The van der Waals surface area contributed by atoms with Gasteiger partial charge in [0.2, 0.25) is 5.91 Å². The number of carbonyl (C=O) groups excluding carboxylic acids is 3. The van der Waals surface area contributed by atoms with Crippen molar-refractivity contribution in [3.63, 3.8) is 0 Å². The van der Waals surface area contributed by atoms with Crippen LogP contribution in [0.5, 0.6) is 0 Å². The largest absolute Gasteiger partial charge is 0.457 e. The van der Waals surface area contributed by atoms with Gasteiger partial charge in [0.1, 0.15) is 12.4 Å². The van der Waals surface area contributed by atoms with Crippen LogP contribution in [0.25, 0.3) is 0 Å². The van der Waals surface area contributed by atoms with Gasteiger partial charge in [-0.3, -0.25) is 9.59 Å². The number of primary amides is 1. The van der Waals surface area contributed by atoms with Crippen LogP contribution in [0.3, 0.4) is 0 Å². The van der Waals surface area contributed by atoms with Crippen LogP contribution in [-0.2, 0) is 16.1 Å². The van der Waals surface area contributed by atoms with Gasteiger partial charge in [0.05, 0.1) is 11.8 Å². The maximum Gasteiger partial charge on any atom is 0.338 e. The normalized spacial score (nSPS) is 16.4. The number of esters is 1. The minimum Gasteiger partial charge on any atom is -0.457 e. The van der Waals surface area contributed by atoms with Crippen molar-refractivity contribution in [3.05, 3.63) is 90.3 Å². The topological polar surface area (TPSA) is 148 Å². The van der Waals surface area contributed by atoms with Gasteiger partial charge in [-0.15, -0.1) is 0 Å². The van der Waals surface area contributed by atoms with Crippen LogP contribution in [0, 0.1) is 0 Å². The van der Waals surface area contributed by atoms with Crippen LogP contribution in [0.2, 0.25) is 0 Å². The lowest BCUT2D eigenvalue weighted by atomic mass is 10.2. The van der Waals surface area contributed by atoms with Gasteiger partial charge in [-0.25, -0.2) is 14.8 Å². The highest BCUT2D eigenvalue weighted by Gasteiger charge is 2.26. The van der Waals surface area contributed by atoms with Crippen LogP contribution in [-0.4, -0.2) is 39.8 Å². The lowest BCUT2D eigenvalue weighted by Crippen LogP contribution is -2.32. The predicted octanol–water partition coefficient (Wildman–Crippen LogP) is 3.31. The third-order valence-electron chi connectivity index (χ3n) is 5.92. The molecule has 0 bridgehead atoms. The molecule has 1 aliphatic rings. The Kier molecular flexibility index (Phi) is 8.09. The number of aromatic nitrogens is 2. The van der Waals surface area contributed by atoms with Gasteiger partial charge in [0.25, 0.3) is 5.91 Å². The number of rotatable bonds is 10. The molecule has 10 nitrogen and oxygen atoms in total. The second-order valence-electron chi connectivity index (χ2n) is 8.64. The van der Waals surface area contributed by atoms with Gasteiger partial charge in [-0.1, -0.05) is 36.9 Å². The van der Waals surface area contributed by atoms with Crippen LogP contribution in [0.4, 0.5) is 17.3 Å². The molecule has 0 aliphatic heterocycles. The zero-order valence-electron chi connectivity index (χ0n) is 20.1. The van der Waals surface area contributed by atoms with Gasteiger partial charge < -0.3 is 26.4 Å². The summed E-state index contributed by atoms with van der Waals surface area (Å²) < 4.78 is 5.36. The molecular weight excluding hydrogens is 472 g/mol. The van der Waals surface area contributed by atoms with Crippen molar-refractivity contribution >= 4 is 35.1 Å². The molecule has 0 saturated heterocycles. The van der Waals surface area contributed by atoms with Crippen molar-refractivity contribution < 1.29 is 19.1 Å². The molecule has 4 rings (SSSR count). The van der Waals surface area contributed by atoms with E-state index < -0.39 is 11.9 Å². The summed E-state index contributed by atoms with van der Waals surface area (Å²) in [4.78, 5) is 44.5. The number of nitrogens with one attached hydrogen (secondary N) is 3. The van der Waals surface area contributed by atoms with Crippen molar-refractivity contribution in [2.45, 2.75) is 38.0 Å². The van der Waals surface area contributed by atoms with Gasteiger partial charge in [-0.05, 0) is 55.2 Å². The quantitative estimate of drug-likeness (QED) is 0.245. The van der Waals surface area contributed by atoms with E-state index >= 15 is 0 Å². The van der Waals surface area contributed by atoms with Crippen molar-refractivity contribution in [1.82, 2.24) is 15.3 Å². The Balaban J connectivity index is 1.40. The van der Waals surface area contributed by atoms with Gasteiger partial charge in [0, 0.05) is 17.8 Å². The number of hydrogen-bond acceptors (Lipinski definition) is 8. The SMILES string of the molecule is C=CC(=O)NC1CC[C@@H](Nc2cnc(C(N)=O)c(Nc3ccc(C(=O)OCc4ccccc4)cc3)n2)C1. The molecule has 1 saturated carbocycles. The van der Waals surface area contributed by atoms with Crippen LogP contribution < -0.4 is 21.7 Å². The van der Waals surface area contributed by atoms with E-state index in [1.54, 1.807) is 24.3 Å². The Bertz CT molecular complexity index is 1280. The Morgan fingerprint density at radius 1 is 1.05 bits per heavy atom. The monoisotopic (exact) mass is 500 g/mol. The molecule has 10 heteroatoms. The number of benzene rings is 2. The molecule has 37 heavy (non-hydrogen) atoms. The molecule has 190 valence electrons. The van der Waals surface area contributed by atoms with E-state index in [0.717, 1.165) is 24.8 Å². The fraction of sp³-hybridized carbons (Fsp3) is 0.222. The maximum absolute atomic E-state index is 12.4. The number of hydrogen-bond donors (Lipinski definition) is 4. The number of anilines is 3. The summed E-state index contributed by atoms with van der Waals surface area (Å²) >= 11 is 0. The van der Waals surface area contributed by atoms with Gasteiger partial charge in [0.15, 0.2) is 11.5 Å². The molecule has 2 amide bonds. The minimum atomic E-state index is -0.726. The average molecular weight is 501 g/mol. The first kappa shape index (κ1) is 25.4. The summed E-state index contributed by atoms with van der Waals surface area (Å²) in [6.07, 6.45) is 5.10. The average Bonchev–Trinajstić information content (AvgIpc) is 3.34. The fourth-order valence-electron chi connectivity index (χ4n) is 4.07. The summed E-state index contributed by atoms with van der Waals surface area (Å²) in [5.74, 6) is -0.715. The first-order valence-corrected chi connectivity index (χ1v) is 11.9. The molecule has 2 aromatic carbocycles. The Morgan fingerprint density at radius 3 is 2.49 bits per heavy atom. The molecule has 1 unspecified atom stereocenters. The molecule has 0 radical (unpaired) electrons. The van der Waals surface area contributed by atoms with Crippen LogP contribution in [0.1, 0.15) is 45.7 Å². The Hall–Kier alpha value is -4.73. The first-order chi connectivity index (χ1) is 17.9. The molecule has 3 aromatic rings. The number of amides is 2. The van der Waals surface area contributed by atoms with Crippen molar-refractivity contribution in [3.8, 4) is 0 Å².